The molecule has 0 aliphatic rings. The number of rotatable bonds is 2. The maximum atomic E-state index is 11.4. The lowest BCUT2D eigenvalue weighted by atomic mass is 10.1. The summed E-state index contributed by atoms with van der Waals surface area (Å²) in [6, 6.07) is 0. The van der Waals surface area contributed by atoms with E-state index in [0.29, 0.717) is 5.57 Å². The minimum absolute atomic E-state index is 0.0694. The Morgan fingerprint density at radius 2 is 1.92 bits per heavy atom. The summed E-state index contributed by atoms with van der Waals surface area (Å²) in [5, 5.41) is 2.84. The summed E-state index contributed by atoms with van der Waals surface area (Å²) >= 11 is 0. The number of carbonyl (C=O) groups excluding carboxylic acids is 1. The molecule has 1 N–H and O–H groups in total. The van der Waals surface area contributed by atoms with Crippen LogP contribution >= 0.6 is 0 Å². The van der Waals surface area contributed by atoms with E-state index in [1.807, 2.05) is 27.7 Å². The number of carbonyl (C=O) groups is 1. The van der Waals surface area contributed by atoms with Gasteiger partial charge in [-0.15, -0.1) is 0 Å². The van der Waals surface area contributed by atoms with Gasteiger partial charge in [-0.1, -0.05) is 18.7 Å². The van der Waals surface area contributed by atoms with Crippen LogP contribution in [-0.2, 0) is 4.79 Å². The van der Waals surface area contributed by atoms with E-state index in [1.165, 1.54) is 0 Å². The fourth-order valence-corrected chi connectivity index (χ4v) is 0.754. The molecule has 2 nitrogen and oxygen atoms in total. The van der Waals surface area contributed by atoms with Crippen molar-refractivity contribution >= 4 is 5.91 Å². The van der Waals surface area contributed by atoms with Gasteiger partial charge in [0.05, 0.1) is 0 Å². The summed E-state index contributed by atoms with van der Waals surface area (Å²) < 4.78 is 0. The van der Waals surface area contributed by atoms with Crippen molar-refractivity contribution in [1.29, 1.82) is 0 Å². The van der Waals surface area contributed by atoms with E-state index >= 15 is 0 Å². The molecule has 12 heavy (non-hydrogen) atoms. The zero-order valence-corrected chi connectivity index (χ0v) is 8.27. The molecule has 0 saturated carbocycles. The van der Waals surface area contributed by atoms with Crippen molar-refractivity contribution < 1.29 is 4.79 Å². The zero-order chi connectivity index (χ0) is 9.78. The Labute approximate surface area is 74.4 Å². The quantitative estimate of drug-likeness (QED) is 0.495. The molecule has 0 aromatic carbocycles. The monoisotopic (exact) mass is 167 g/mol. The minimum Gasteiger partial charge on any atom is -0.347 e. The highest BCUT2D eigenvalue weighted by atomic mass is 16.1. The van der Waals surface area contributed by atoms with E-state index < -0.39 is 0 Å². The molecule has 68 valence electrons. The molecule has 0 aromatic heterocycles. The third kappa shape index (κ3) is 3.96. The molecule has 0 aromatic rings. The largest absolute Gasteiger partial charge is 0.347 e. The smallest absolute Gasteiger partial charge is 0.251 e. The van der Waals surface area contributed by atoms with Gasteiger partial charge >= 0.3 is 0 Å². The van der Waals surface area contributed by atoms with Crippen LogP contribution in [0.15, 0.2) is 24.3 Å². The van der Waals surface area contributed by atoms with Crippen molar-refractivity contribution in [2.45, 2.75) is 33.2 Å². The van der Waals surface area contributed by atoms with Crippen LogP contribution in [0.1, 0.15) is 27.7 Å². The van der Waals surface area contributed by atoms with Gasteiger partial charge in [-0.25, -0.2) is 0 Å². The Bertz CT molecular complexity index is 208. The Morgan fingerprint density at radius 3 is 2.17 bits per heavy atom. The van der Waals surface area contributed by atoms with Crippen LogP contribution < -0.4 is 5.32 Å². The summed E-state index contributed by atoms with van der Waals surface area (Å²) in [5.41, 5.74) is 0.430. The van der Waals surface area contributed by atoms with E-state index in [9.17, 15) is 4.79 Å². The van der Waals surface area contributed by atoms with Gasteiger partial charge in [0.15, 0.2) is 0 Å². The fraction of sp³-hybridized carbons (Fsp3) is 0.500. The molecule has 2 heteroatoms. The minimum atomic E-state index is -0.186. The van der Waals surface area contributed by atoms with E-state index in [4.69, 9.17) is 0 Å². The molecule has 0 heterocycles. The lowest BCUT2D eigenvalue weighted by Crippen LogP contribution is -2.41. The summed E-state index contributed by atoms with van der Waals surface area (Å²) in [6.45, 7) is 11.2. The van der Waals surface area contributed by atoms with Gasteiger partial charge < -0.3 is 5.32 Å². The normalized spacial score (nSPS) is 12.5. The van der Waals surface area contributed by atoms with Gasteiger partial charge in [0.1, 0.15) is 0 Å². The van der Waals surface area contributed by atoms with Crippen LogP contribution in [0.25, 0.3) is 0 Å². The van der Waals surface area contributed by atoms with Crippen molar-refractivity contribution in [1.82, 2.24) is 5.32 Å². The molecule has 0 unspecified atom stereocenters. The summed E-state index contributed by atoms with van der Waals surface area (Å²) in [7, 11) is 0. The number of nitrogens with one attached hydrogen (secondary N) is 1. The van der Waals surface area contributed by atoms with Crippen molar-refractivity contribution in [3.8, 4) is 0 Å². The topological polar surface area (TPSA) is 29.1 Å². The first-order chi connectivity index (χ1) is 5.40. The third-order valence-electron chi connectivity index (χ3n) is 1.28. The number of hydrogen-bond donors (Lipinski definition) is 1. The van der Waals surface area contributed by atoms with Crippen molar-refractivity contribution in [2.75, 3.05) is 0 Å². The Morgan fingerprint density at radius 1 is 1.42 bits per heavy atom. The molecule has 0 bridgehead atoms. The lowest BCUT2D eigenvalue weighted by Gasteiger charge is -2.20. The predicted octanol–water partition coefficient (Wildman–Crippen LogP) is 2.03. The maximum absolute atomic E-state index is 11.4. The molecule has 0 radical (unpaired) electrons. The average Bonchev–Trinajstić information content (AvgIpc) is 1.85. The molecule has 0 spiro atoms. The summed E-state index contributed by atoms with van der Waals surface area (Å²) in [4.78, 5) is 11.4. The second kappa shape index (κ2) is 4.10. The summed E-state index contributed by atoms with van der Waals surface area (Å²) in [6.07, 6.45) is 3.30. The van der Waals surface area contributed by atoms with Crippen LogP contribution in [-0.4, -0.2) is 11.4 Å². The number of hydrogen-bond acceptors (Lipinski definition) is 1. The molecular weight excluding hydrogens is 150 g/mol. The highest BCUT2D eigenvalue weighted by Crippen LogP contribution is 2.02. The van der Waals surface area contributed by atoms with Gasteiger partial charge in [0, 0.05) is 11.1 Å². The second-order valence-corrected chi connectivity index (χ2v) is 3.65. The Kier molecular flexibility index (Phi) is 3.74. The molecule has 0 aliphatic carbocycles. The first-order valence-corrected chi connectivity index (χ1v) is 4.02. The molecule has 0 saturated heterocycles. The van der Waals surface area contributed by atoms with E-state index in [-0.39, 0.29) is 11.4 Å². The molecule has 0 rings (SSSR count). The second-order valence-electron chi connectivity index (χ2n) is 3.65. The van der Waals surface area contributed by atoms with E-state index in [2.05, 4.69) is 11.9 Å². The number of allylic oxidation sites excluding steroid dienone is 1. The predicted molar refractivity (Wildman–Crippen MR) is 51.8 cm³/mol. The average molecular weight is 167 g/mol. The van der Waals surface area contributed by atoms with Crippen LogP contribution in [0.2, 0.25) is 0 Å². The third-order valence-corrected chi connectivity index (χ3v) is 1.28. The Balaban J connectivity index is 4.32. The highest BCUT2D eigenvalue weighted by Gasteiger charge is 2.14. The van der Waals surface area contributed by atoms with E-state index in [0.717, 1.165) is 0 Å². The van der Waals surface area contributed by atoms with Gasteiger partial charge in [-0.05, 0) is 27.7 Å². The van der Waals surface area contributed by atoms with Gasteiger partial charge in [0.2, 0.25) is 0 Å². The van der Waals surface area contributed by atoms with Gasteiger partial charge in [0.25, 0.3) is 5.91 Å². The number of amides is 1. The van der Waals surface area contributed by atoms with Crippen LogP contribution in [0.5, 0.6) is 0 Å². The first-order valence-electron chi connectivity index (χ1n) is 4.02. The van der Waals surface area contributed by atoms with Crippen molar-refractivity contribution in [3.63, 3.8) is 0 Å². The first kappa shape index (κ1) is 11.0. The van der Waals surface area contributed by atoms with E-state index in [1.54, 1.807) is 12.2 Å². The standard InChI is InChI=1S/C10H17NO/c1-6-8(7-2)9(12)11-10(3,4)5/h6-7H,1H2,2-5H3,(H,11,12)/b8-7+. The molecule has 0 aliphatic heterocycles. The van der Waals surface area contributed by atoms with Gasteiger partial charge in [-0.2, -0.15) is 0 Å². The van der Waals surface area contributed by atoms with Gasteiger partial charge in [-0.3, -0.25) is 4.79 Å². The summed E-state index contributed by atoms with van der Waals surface area (Å²) in [5.74, 6) is -0.0694. The van der Waals surface area contributed by atoms with Crippen LogP contribution in [0.3, 0.4) is 0 Å². The molecule has 1 amide bonds. The van der Waals surface area contributed by atoms with Crippen LogP contribution in [0.4, 0.5) is 0 Å². The lowest BCUT2D eigenvalue weighted by molar-refractivity contribution is -0.118. The SMILES string of the molecule is C=C/C(=C\C)C(=O)NC(C)(C)C. The molecule has 0 fully saturated rings. The molecular formula is C10H17NO. The van der Waals surface area contributed by atoms with Crippen LogP contribution in [0, 0.1) is 0 Å². The Hall–Kier alpha value is -1.05. The maximum Gasteiger partial charge on any atom is 0.251 e. The fourth-order valence-electron chi connectivity index (χ4n) is 0.754. The highest BCUT2D eigenvalue weighted by molar-refractivity contribution is 5.96. The van der Waals surface area contributed by atoms with Crippen molar-refractivity contribution in [2.24, 2.45) is 0 Å². The zero-order valence-electron chi connectivity index (χ0n) is 8.27. The van der Waals surface area contributed by atoms with Crippen molar-refractivity contribution in [3.05, 3.63) is 24.3 Å². The molecule has 0 atom stereocenters.